The molecule has 2 unspecified atom stereocenters. The fraction of sp³-hybridized carbons (Fsp3) is 1.00. The molecule has 0 saturated carbocycles. The van der Waals surface area contributed by atoms with Crippen LogP contribution < -0.4 is 0 Å². The normalized spacial score (nSPS) is 28.6. The summed E-state index contributed by atoms with van der Waals surface area (Å²) in [5.74, 6) is 0.614. The third-order valence-electron chi connectivity index (χ3n) is 3.25. The highest BCUT2D eigenvalue weighted by Gasteiger charge is 2.27. The van der Waals surface area contributed by atoms with Crippen LogP contribution in [0, 0.1) is 5.92 Å². The quantitative estimate of drug-likeness (QED) is 0.754. The zero-order valence-corrected chi connectivity index (χ0v) is 10.3. The molecule has 90 valence electrons. The Morgan fingerprint density at radius 2 is 2.20 bits per heavy atom. The number of hydrogen-bond acceptors (Lipinski definition) is 3. The van der Waals surface area contributed by atoms with E-state index in [0.29, 0.717) is 18.1 Å². The van der Waals surface area contributed by atoms with Gasteiger partial charge in [-0.15, -0.1) is 0 Å². The number of hydrogen-bond donors (Lipinski definition) is 1. The van der Waals surface area contributed by atoms with Gasteiger partial charge in [0.15, 0.2) is 0 Å². The molecule has 1 N–H and O–H groups in total. The van der Waals surface area contributed by atoms with Gasteiger partial charge >= 0.3 is 0 Å². The van der Waals surface area contributed by atoms with Crippen molar-refractivity contribution < 1.29 is 9.84 Å². The summed E-state index contributed by atoms with van der Waals surface area (Å²) < 4.78 is 5.55. The van der Waals surface area contributed by atoms with E-state index in [1.165, 1.54) is 12.8 Å². The highest BCUT2D eigenvalue weighted by molar-refractivity contribution is 4.81. The number of nitrogens with zero attached hydrogens (tertiary/aromatic N) is 1. The lowest BCUT2D eigenvalue weighted by Gasteiger charge is -2.39. The van der Waals surface area contributed by atoms with Crippen LogP contribution in [0.1, 0.15) is 33.6 Å². The second-order valence-corrected chi connectivity index (χ2v) is 4.82. The topological polar surface area (TPSA) is 32.7 Å². The van der Waals surface area contributed by atoms with Gasteiger partial charge < -0.3 is 9.84 Å². The highest BCUT2D eigenvalue weighted by atomic mass is 16.5. The summed E-state index contributed by atoms with van der Waals surface area (Å²) in [5.41, 5.74) is 0. The van der Waals surface area contributed by atoms with Gasteiger partial charge in [-0.2, -0.15) is 0 Å². The van der Waals surface area contributed by atoms with Crippen LogP contribution in [0.5, 0.6) is 0 Å². The second kappa shape index (κ2) is 6.46. The summed E-state index contributed by atoms with van der Waals surface area (Å²) in [6.45, 7) is 9.47. The molecule has 1 heterocycles. The summed E-state index contributed by atoms with van der Waals surface area (Å²) in [7, 11) is 0. The molecule has 0 amide bonds. The van der Waals surface area contributed by atoms with Gasteiger partial charge in [-0.1, -0.05) is 6.92 Å². The van der Waals surface area contributed by atoms with Crippen molar-refractivity contribution in [1.82, 2.24) is 4.90 Å². The van der Waals surface area contributed by atoms with Crippen molar-refractivity contribution >= 4 is 0 Å². The van der Waals surface area contributed by atoms with E-state index in [2.05, 4.69) is 25.7 Å². The maximum absolute atomic E-state index is 9.36. The highest BCUT2D eigenvalue weighted by Crippen LogP contribution is 2.22. The lowest BCUT2D eigenvalue weighted by Crippen LogP contribution is -2.47. The van der Waals surface area contributed by atoms with Crippen LogP contribution in [0.25, 0.3) is 0 Å². The molecule has 1 aliphatic rings. The van der Waals surface area contributed by atoms with E-state index >= 15 is 0 Å². The monoisotopic (exact) mass is 215 g/mol. The Kier molecular flexibility index (Phi) is 5.58. The zero-order valence-electron chi connectivity index (χ0n) is 10.3. The lowest BCUT2D eigenvalue weighted by molar-refractivity contribution is 0.0101. The van der Waals surface area contributed by atoms with Crippen LogP contribution >= 0.6 is 0 Å². The average Bonchev–Trinajstić information content (AvgIpc) is 2.17. The van der Waals surface area contributed by atoms with E-state index in [1.54, 1.807) is 0 Å². The molecule has 1 rings (SSSR count). The van der Waals surface area contributed by atoms with E-state index in [0.717, 1.165) is 19.7 Å². The first-order valence-corrected chi connectivity index (χ1v) is 6.11. The van der Waals surface area contributed by atoms with Crippen molar-refractivity contribution in [2.24, 2.45) is 5.92 Å². The van der Waals surface area contributed by atoms with Crippen LogP contribution in [0.3, 0.4) is 0 Å². The molecule has 1 fully saturated rings. The van der Waals surface area contributed by atoms with Crippen LogP contribution in [-0.2, 0) is 4.74 Å². The van der Waals surface area contributed by atoms with Gasteiger partial charge in [0.05, 0.1) is 19.3 Å². The van der Waals surface area contributed by atoms with Gasteiger partial charge in [-0.25, -0.2) is 0 Å². The average molecular weight is 215 g/mol. The SMILES string of the molecule is CC(C)OCCN1CCCC(C)C1CO. The molecule has 0 spiro atoms. The molecular formula is C12H25NO2. The molecule has 3 nitrogen and oxygen atoms in total. The predicted molar refractivity (Wildman–Crippen MR) is 61.9 cm³/mol. The summed E-state index contributed by atoms with van der Waals surface area (Å²) in [6, 6.07) is 0.342. The first-order valence-electron chi connectivity index (χ1n) is 6.11. The Bertz CT molecular complexity index is 173. The van der Waals surface area contributed by atoms with Crippen LogP contribution in [0.2, 0.25) is 0 Å². The molecule has 1 aliphatic heterocycles. The van der Waals surface area contributed by atoms with Crippen molar-refractivity contribution in [2.75, 3.05) is 26.3 Å². The third kappa shape index (κ3) is 4.09. The Hall–Kier alpha value is -0.120. The molecule has 3 heteroatoms. The van der Waals surface area contributed by atoms with Gasteiger partial charge in [-0.05, 0) is 39.2 Å². The maximum atomic E-state index is 9.36. The van der Waals surface area contributed by atoms with Crippen LogP contribution in [0.15, 0.2) is 0 Å². The summed E-state index contributed by atoms with van der Waals surface area (Å²) in [6.07, 6.45) is 2.80. The standard InChI is InChI=1S/C12H25NO2/c1-10(2)15-8-7-13-6-4-5-11(3)12(13)9-14/h10-12,14H,4-9H2,1-3H3. The van der Waals surface area contributed by atoms with Gasteiger partial charge in [0.2, 0.25) is 0 Å². The second-order valence-electron chi connectivity index (χ2n) is 4.82. The van der Waals surface area contributed by atoms with Crippen molar-refractivity contribution in [3.63, 3.8) is 0 Å². The minimum Gasteiger partial charge on any atom is -0.395 e. The fourth-order valence-corrected chi connectivity index (χ4v) is 2.31. The summed E-state index contributed by atoms with van der Waals surface area (Å²) in [5, 5.41) is 9.36. The van der Waals surface area contributed by atoms with Gasteiger partial charge in [0.1, 0.15) is 0 Å². The number of aliphatic hydroxyl groups excluding tert-OH is 1. The van der Waals surface area contributed by atoms with E-state index < -0.39 is 0 Å². The predicted octanol–water partition coefficient (Wildman–Crippen LogP) is 1.50. The molecule has 0 aromatic carbocycles. The molecule has 0 aliphatic carbocycles. The first kappa shape index (κ1) is 12.9. The van der Waals surface area contributed by atoms with Crippen molar-refractivity contribution in [1.29, 1.82) is 0 Å². The Morgan fingerprint density at radius 3 is 2.80 bits per heavy atom. The Balaban J connectivity index is 2.31. The molecule has 0 aromatic rings. The smallest absolute Gasteiger partial charge is 0.0597 e. The first-order chi connectivity index (χ1) is 7.15. The maximum Gasteiger partial charge on any atom is 0.0597 e. The number of likely N-dealkylation sites (tertiary alicyclic amines) is 1. The van der Waals surface area contributed by atoms with Gasteiger partial charge in [-0.3, -0.25) is 4.90 Å². The fourth-order valence-electron chi connectivity index (χ4n) is 2.31. The zero-order chi connectivity index (χ0) is 11.3. The minimum absolute atomic E-state index is 0.281. The Labute approximate surface area is 93.4 Å². The van der Waals surface area contributed by atoms with Crippen LogP contribution in [0.4, 0.5) is 0 Å². The van der Waals surface area contributed by atoms with Crippen molar-refractivity contribution in [3.8, 4) is 0 Å². The number of piperidine rings is 1. The summed E-state index contributed by atoms with van der Waals surface area (Å²) >= 11 is 0. The van der Waals surface area contributed by atoms with E-state index in [1.807, 2.05) is 0 Å². The van der Waals surface area contributed by atoms with Crippen LogP contribution in [-0.4, -0.2) is 48.5 Å². The van der Waals surface area contributed by atoms with Crippen molar-refractivity contribution in [3.05, 3.63) is 0 Å². The van der Waals surface area contributed by atoms with Gasteiger partial charge in [0.25, 0.3) is 0 Å². The largest absolute Gasteiger partial charge is 0.395 e. The molecule has 0 bridgehead atoms. The molecule has 0 aromatic heterocycles. The lowest BCUT2D eigenvalue weighted by atomic mass is 9.91. The third-order valence-corrected chi connectivity index (χ3v) is 3.25. The molecule has 15 heavy (non-hydrogen) atoms. The molecular weight excluding hydrogens is 190 g/mol. The van der Waals surface area contributed by atoms with Crippen molar-refractivity contribution in [2.45, 2.75) is 45.8 Å². The number of aliphatic hydroxyl groups is 1. The van der Waals surface area contributed by atoms with E-state index in [-0.39, 0.29) is 6.61 Å². The van der Waals surface area contributed by atoms with Gasteiger partial charge in [0, 0.05) is 12.6 Å². The molecule has 2 atom stereocenters. The van der Waals surface area contributed by atoms with E-state index in [9.17, 15) is 5.11 Å². The Morgan fingerprint density at radius 1 is 1.47 bits per heavy atom. The number of ether oxygens (including phenoxy) is 1. The number of rotatable bonds is 5. The van der Waals surface area contributed by atoms with E-state index in [4.69, 9.17) is 4.74 Å². The minimum atomic E-state index is 0.281. The molecule has 1 saturated heterocycles. The summed E-state index contributed by atoms with van der Waals surface area (Å²) in [4.78, 5) is 2.37. The molecule has 0 radical (unpaired) electrons.